The highest BCUT2D eigenvalue weighted by atomic mass is 32.2. The third-order valence-electron chi connectivity index (χ3n) is 2.99. The summed E-state index contributed by atoms with van der Waals surface area (Å²) in [6.07, 6.45) is 5.92. The molecule has 0 saturated heterocycles. The van der Waals surface area contributed by atoms with E-state index in [-0.39, 0.29) is 6.61 Å². The van der Waals surface area contributed by atoms with Gasteiger partial charge in [-0.15, -0.1) is 0 Å². The maximum Gasteiger partial charge on any atom is 0.264 e. The quantitative estimate of drug-likeness (QED) is 0.501. The number of rotatable bonds is 11. The monoisotopic (exact) mass is 315 g/mol. The molecule has 0 saturated carbocycles. The van der Waals surface area contributed by atoms with Crippen molar-refractivity contribution in [2.45, 2.75) is 38.6 Å². The molecule has 0 aliphatic rings. The van der Waals surface area contributed by atoms with E-state index in [2.05, 4.69) is 4.18 Å². The van der Waals surface area contributed by atoms with Gasteiger partial charge >= 0.3 is 0 Å². The van der Waals surface area contributed by atoms with Crippen LogP contribution < -0.4 is 10.5 Å². The first-order valence-corrected chi connectivity index (χ1v) is 9.09. The van der Waals surface area contributed by atoms with Crippen LogP contribution in [0.1, 0.15) is 37.7 Å². The molecule has 1 rings (SSSR count). The molecule has 5 nitrogen and oxygen atoms in total. The van der Waals surface area contributed by atoms with Crippen LogP contribution in [0.3, 0.4) is 0 Å². The molecule has 0 heterocycles. The summed E-state index contributed by atoms with van der Waals surface area (Å²) in [5, 5.41) is 0. The van der Waals surface area contributed by atoms with Crippen LogP contribution in [-0.2, 0) is 20.8 Å². The van der Waals surface area contributed by atoms with E-state index in [1.165, 1.54) is 0 Å². The molecule has 120 valence electrons. The Labute approximate surface area is 127 Å². The second-order valence-corrected chi connectivity index (χ2v) is 6.64. The Bertz CT molecular complexity index is 502. The van der Waals surface area contributed by atoms with E-state index in [9.17, 15) is 8.42 Å². The van der Waals surface area contributed by atoms with Gasteiger partial charge in [-0.1, -0.05) is 31.4 Å². The van der Waals surface area contributed by atoms with Gasteiger partial charge in [-0.3, -0.25) is 4.18 Å². The first-order chi connectivity index (χ1) is 10.0. The van der Waals surface area contributed by atoms with Crippen molar-refractivity contribution in [1.29, 1.82) is 0 Å². The Morgan fingerprint density at radius 1 is 1.05 bits per heavy atom. The third-order valence-corrected chi connectivity index (χ3v) is 3.58. The molecule has 0 radical (unpaired) electrons. The Morgan fingerprint density at radius 2 is 1.71 bits per heavy atom. The van der Waals surface area contributed by atoms with Crippen molar-refractivity contribution in [2.75, 3.05) is 19.5 Å². The van der Waals surface area contributed by atoms with Crippen molar-refractivity contribution < 1.29 is 17.3 Å². The SMILES string of the molecule is CS(=O)(=O)OCCCCCCCOc1cccc(CN)c1. The van der Waals surface area contributed by atoms with Gasteiger partial charge in [-0.2, -0.15) is 8.42 Å². The van der Waals surface area contributed by atoms with Crippen molar-refractivity contribution in [3.63, 3.8) is 0 Å². The first kappa shape index (κ1) is 17.9. The Hall–Kier alpha value is -1.11. The molecule has 2 N–H and O–H groups in total. The van der Waals surface area contributed by atoms with Crippen molar-refractivity contribution in [1.82, 2.24) is 0 Å². The standard InChI is InChI=1S/C15H25NO4S/c1-21(17,18)20-11-6-4-2-3-5-10-19-15-9-7-8-14(12-15)13-16/h7-9,12H,2-6,10-11,13,16H2,1H3. The third kappa shape index (κ3) is 9.44. The second kappa shape index (κ2) is 9.76. The van der Waals surface area contributed by atoms with Gasteiger partial charge in [0.2, 0.25) is 0 Å². The minimum Gasteiger partial charge on any atom is -0.494 e. The van der Waals surface area contributed by atoms with Gasteiger partial charge in [0.1, 0.15) is 5.75 Å². The van der Waals surface area contributed by atoms with Gasteiger partial charge in [-0.25, -0.2) is 0 Å². The average molecular weight is 315 g/mol. The van der Waals surface area contributed by atoms with Gasteiger partial charge < -0.3 is 10.5 Å². The van der Waals surface area contributed by atoms with Gasteiger partial charge in [0, 0.05) is 6.54 Å². The molecule has 0 spiro atoms. The smallest absolute Gasteiger partial charge is 0.264 e. The van der Waals surface area contributed by atoms with E-state index in [0.29, 0.717) is 13.2 Å². The van der Waals surface area contributed by atoms with Crippen molar-refractivity contribution in [2.24, 2.45) is 5.73 Å². The molecule has 0 aliphatic carbocycles. The molecule has 6 heteroatoms. The maximum absolute atomic E-state index is 10.7. The minimum absolute atomic E-state index is 0.279. The van der Waals surface area contributed by atoms with Gasteiger partial charge in [-0.05, 0) is 30.5 Å². The molecule has 21 heavy (non-hydrogen) atoms. The summed E-state index contributed by atoms with van der Waals surface area (Å²) in [5.41, 5.74) is 6.64. The van der Waals surface area contributed by atoms with Crippen molar-refractivity contribution >= 4 is 10.1 Å². The summed E-state index contributed by atoms with van der Waals surface area (Å²) >= 11 is 0. The van der Waals surface area contributed by atoms with Crippen LogP contribution in [0, 0.1) is 0 Å². The first-order valence-electron chi connectivity index (χ1n) is 7.27. The lowest BCUT2D eigenvalue weighted by molar-refractivity contribution is 0.296. The van der Waals surface area contributed by atoms with Gasteiger partial charge in [0.25, 0.3) is 10.1 Å². The zero-order valence-corrected chi connectivity index (χ0v) is 13.4. The zero-order valence-electron chi connectivity index (χ0n) is 12.6. The summed E-state index contributed by atoms with van der Waals surface area (Å²) < 4.78 is 31.8. The Morgan fingerprint density at radius 3 is 2.38 bits per heavy atom. The molecular weight excluding hydrogens is 290 g/mol. The Balaban J connectivity index is 1.99. The molecule has 0 atom stereocenters. The van der Waals surface area contributed by atoms with Crippen LogP contribution in [-0.4, -0.2) is 27.9 Å². The van der Waals surface area contributed by atoms with E-state index in [0.717, 1.165) is 49.7 Å². The number of benzene rings is 1. The average Bonchev–Trinajstić information content (AvgIpc) is 2.44. The van der Waals surface area contributed by atoms with E-state index in [4.69, 9.17) is 10.5 Å². The van der Waals surface area contributed by atoms with E-state index >= 15 is 0 Å². The molecular formula is C15H25NO4S. The van der Waals surface area contributed by atoms with E-state index < -0.39 is 10.1 Å². The fourth-order valence-electron chi connectivity index (χ4n) is 1.90. The van der Waals surface area contributed by atoms with Crippen LogP contribution in [0.2, 0.25) is 0 Å². The summed E-state index contributed by atoms with van der Waals surface area (Å²) in [7, 11) is -3.29. The molecule has 1 aromatic carbocycles. The molecule has 0 amide bonds. The number of nitrogens with two attached hydrogens (primary N) is 1. The molecule has 0 bridgehead atoms. The zero-order chi connectivity index (χ0) is 15.6. The number of unbranched alkanes of at least 4 members (excludes halogenated alkanes) is 4. The fraction of sp³-hybridized carbons (Fsp3) is 0.600. The van der Waals surface area contributed by atoms with Crippen LogP contribution >= 0.6 is 0 Å². The van der Waals surface area contributed by atoms with Crippen molar-refractivity contribution in [3.8, 4) is 5.75 Å². The van der Waals surface area contributed by atoms with Gasteiger partial charge in [0.05, 0.1) is 19.5 Å². The summed E-state index contributed by atoms with van der Waals surface area (Å²) in [6, 6.07) is 7.81. The largest absolute Gasteiger partial charge is 0.494 e. The van der Waals surface area contributed by atoms with Crippen LogP contribution in [0.25, 0.3) is 0 Å². The number of ether oxygens (including phenoxy) is 1. The summed E-state index contributed by atoms with van der Waals surface area (Å²) in [5.74, 6) is 0.861. The lowest BCUT2D eigenvalue weighted by Crippen LogP contribution is -2.04. The predicted molar refractivity (Wildman–Crippen MR) is 83.7 cm³/mol. The molecule has 0 aromatic heterocycles. The number of hydrogen-bond acceptors (Lipinski definition) is 5. The highest BCUT2D eigenvalue weighted by molar-refractivity contribution is 7.85. The molecule has 1 aromatic rings. The number of hydrogen-bond donors (Lipinski definition) is 1. The highest BCUT2D eigenvalue weighted by Gasteiger charge is 2.00. The second-order valence-electron chi connectivity index (χ2n) is 4.99. The maximum atomic E-state index is 10.7. The minimum atomic E-state index is -3.29. The molecule has 0 unspecified atom stereocenters. The molecule has 0 aliphatic heterocycles. The highest BCUT2D eigenvalue weighted by Crippen LogP contribution is 2.13. The Kier molecular flexibility index (Phi) is 8.34. The van der Waals surface area contributed by atoms with Crippen molar-refractivity contribution in [3.05, 3.63) is 29.8 Å². The van der Waals surface area contributed by atoms with Gasteiger partial charge in [0.15, 0.2) is 0 Å². The summed E-state index contributed by atoms with van der Waals surface area (Å²) in [4.78, 5) is 0. The summed E-state index contributed by atoms with van der Waals surface area (Å²) in [6.45, 7) is 1.49. The lowest BCUT2D eigenvalue weighted by atomic mass is 10.1. The predicted octanol–water partition coefficient (Wildman–Crippen LogP) is 2.45. The lowest BCUT2D eigenvalue weighted by Gasteiger charge is -2.07. The van der Waals surface area contributed by atoms with Crippen LogP contribution in [0.4, 0.5) is 0 Å². The topological polar surface area (TPSA) is 78.6 Å². The molecule has 0 fully saturated rings. The normalized spacial score (nSPS) is 11.5. The van der Waals surface area contributed by atoms with E-state index in [1.54, 1.807) is 0 Å². The van der Waals surface area contributed by atoms with E-state index in [1.807, 2.05) is 24.3 Å². The van der Waals surface area contributed by atoms with Crippen LogP contribution in [0.5, 0.6) is 5.75 Å². The fourth-order valence-corrected chi connectivity index (χ4v) is 2.32. The van der Waals surface area contributed by atoms with Crippen LogP contribution in [0.15, 0.2) is 24.3 Å².